The molecule has 2 saturated heterocycles. The number of pyridine rings is 1. The van der Waals surface area contributed by atoms with Gasteiger partial charge in [-0.3, -0.25) is 9.69 Å². The van der Waals surface area contributed by atoms with Gasteiger partial charge in [-0.15, -0.1) is 11.3 Å². The van der Waals surface area contributed by atoms with Crippen molar-refractivity contribution in [1.29, 1.82) is 0 Å². The maximum atomic E-state index is 12.9. The van der Waals surface area contributed by atoms with E-state index in [9.17, 15) is 13.2 Å². The van der Waals surface area contributed by atoms with E-state index in [0.29, 0.717) is 43.2 Å². The first-order valence-electron chi connectivity index (χ1n) is 9.60. The van der Waals surface area contributed by atoms with E-state index in [-0.39, 0.29) is 11.8 Å². The predicted molar refractivity (Wildman–Crippen MR) is 108 cm³/mol. The lowest BCUT2D eigenvalue weighted by Crippen LogP contribution is -2.52. The van der Waals surface area contributed by atoms with E-state index in [0.717, 1.165) is 18.9 Å². The summed E-state index contributed by atoms with van der Waals surface area (Å²) in [6.07, 6.45) is 3.09. The molecule has 0 aromatic carbocycles. The standard InChI is InChI=1S/C19H24N4O3S2/c24-19(22-13-11-21(12-14-22)17-4-1-2-8-20-17)16-6-9-23(10-7-16)28(25,26)18-5-3-15-27-18/h1-5,8,15-16H,6-7,9-14H2/p+1. The van der Waals surface area contributed by atoms with Gasteiger partial charge in [0.25, 0.3) is 15.8 Å². The second kappa shape index (κ2) is 8.18. The van der Waals surface area contributed by atoms with Gasteiger partial charge < -0.3 is 4.90 Å². The number of H-pyrrole nitrogens is 1. The summed E-state index contributed by atoms with van der Waals surface area (Å²) in [6.45, 7) is 3.84. The third-order valence-electron chi connectivity index (χ3n) is 5.52. The molecule has 150 valence electrons. The quantitative estimate of drug-likeness (QED) is 0.746. The number of thiophene rings is 1. The molecule has 4 heterocycles. The number of sulfonamides is 1. The van der Waals surface area contributed by atoms with Gasteiger partial charge in [0.2, 0.25) is 5.91 Å². The Bertz CT molecular complexity index is 887. The fourth-order valence-corrected chi connectivity index (χ4v) is 6.50. The molecule has 0 spiro atoms. The lowest BCUT2D eigenvalue weighted by Gasteiger charge is -2.36. The molecule has 2 fully saturated rings. The van der Waals surface area contributed by atoms with Crippen molar-refractivity contribution in [3.63, 3.8) is 0 Å². The molecule has 4 rings (SSSR count). The number of carbonyl (C=O) groups excluding carboxylic acids is 1. The van der Waals surface area contributed by atoms with Crippen molar-refractivity contribution in [3.05, 3.63) is 41.9 Å². The van der Waals surface area contributed by atoms with E-state index in [2.05, 4.69) is 9.88 Å². The average molecular weight is 422 g/mol. The van der Waals surface area contributed by atoms with Gasteiger partial charge in [0.05, 0.1) is 19.3 Å². The third-order valence-corrected chi connectivity index (χ3v) is 8.79. The smallest absolute Gasteiger partial charge is 0.274 e. The first kappa shape index (κ1) is 19.4. The second-order valence-corrected chi connectivity index (χ2v) is 10.3. The Kier molecular flexibility index (Phi) is 5.65. The number of piperidine rings is 1. The van der Waals surface area contributed by atoms with Crippen LogP contribution in [-0.2, 0) is 14.8 Å². The van der Waals surface area contributed by atoms with E-state index in [1.165, 1.54) is 15.6 Å². The van der Waals surface area contributed by atoms with E-state index in [1.807, 2.05) is 29.3 Å². The van der Waals surface area contributed by atoms with Gasteiger partial charge in [-0.25, -0.2) is 13.4 Å². The van der Waals surface area contributed by atoms with E-state index < -0.39 is 10.0 Å². The lowest BCUT2D eigenvalue weighted by atomic mass is 9.96. The summed E-state index contributed by atoms with van der Waals surface area (Å²) in [5, 5.41) is 1.77. The van der Waals surface area contributed by atoms with Crippen molar-refractivity contribution in [2.24, 2.45) is 5.92 Å². The SMILES string of the molecule is O=C(C1CCN(S(=O)(=O)c2cccs2)CC1)N1CCN(c2cccc[nH+]2)CC1. The Balaban J connectivity index is 1.30. The third kappa shape index (κ3) is 3.92. The fraction of sp³-hybridized carbons (Fsp3) is 0.474. The van der Waals surface area contributed by atoms with Gasteiger partial charge in [0, 0.05) is 25.1 Å². The van der Waals surface area contributed by atoms with Crippen molar-refractivity contribution in [1.82, 2.24) is 9.21 Å². The van der Waals surface area contributed by atoms with Crippen LogP contribution in [0.25, 0.3) is 0 Å². The minimum Gasteiger partial charge on any atom is -0.335 e. The van der Waals surface area contributed by atoms with Crippen molar-refractivity contribution in [2.45, 2.75) is 17.1 Å². The highest BCUT2D eigenvalue weighted by Crippen LogP contribution is 2.27. The normalized spacial score (nSPS) is 19.7. The lowest BCUT2D eigenvalue weighted by molar-refractivity contribution is -0.364. The summed E-state index contributed by atoms with van der Waals surface area (Å²) in [4.78, 5) is 20.3. The number of nitrogens with zero attached hydrogens (tertiary/aromatic N) is 3. The van der Waals surface area contributed by atoms with Crippen LogP contribution < -0.4 is 9.88 Å². The van der Waals surface area contributed by atoms with E-state index >= 15 is 0 Å². The Morgan fingerprint density at radius 3 is 2.36 bits per heavy atom. The topological polar surface area (TPSA) is 75.1 Å². The predicted octanol–water partition coefficient (Wildman–Crippen LogP) is 1.31. The highest BCUT2D eigenvalue weighted by molar-refractivity contribution is 7.91. The molecule has 1 N–H and O–H groups in total. The zero-order valence-corrected chi connectivity index (χ0v) is 17.3. The highest BCUT2D eigenvalue weighted by atomic mass is 32.2. The van der Waals surface area contributed by atoms with Gasteiger partial charge >= 0.3 is 0 Å². The van der Waals surface area contributed by atoms with E-state index in [1.54, 1.807) is 17.5 Å². The van der Waals surface area contributed by atoms with Gasteiger partial charge in [0.15, 0.2) is 0 Å². The van der Waals surface area contributed by atoms with Crippen LogP contribution in [0.5, 0.6) is 0 Å². The molecular weight excluding hydrogens is 396 g/mol. The Morgan fingerprint density at radius 2 is 1.75 bits per heavy atom. The Morgan fingerprint density at radius 1 is 1.00 bits per heavy atom. The van der Waals surface area contributed by atoms with Crippen LogP contribution in [0.3, 0.4) is 0 Å². The van der Waals surface area contributed by atoms with Crippen LogP contribution in [0.1, 0.15) is 12.8 Å². The number of hydrogen-bond acceptors (Lipinski definition) is 5. The number of piperazine rings is 1. The number of anilines is 1. The zero-order valence-electron chi connectivity index (χ0n) is 15.7. The minimum absolute atomic E-state index is 0.0791. The van der Waals surface area contributed by atoms with Crippen molar-refractivity contribution in [3.8, 4) is 0 Å². The number of rotatable bonds is 4. The molecule has 28 heavy (non-hydrogen) atoms. The van der Waals surface area contributed by atoms with Gasteiger partial charge in [-0.05, 0) is 30.4 Å². The van der Waals surface area contributed by atoms with Crippen LogP contribution >= 0.6 is 11.3 Å². The summed E-state index contributed by atoms with van der Waals surface area (Å²) in [5.41, 5.74) is 0. The van der Waals surface area contributed by atoms with Gasteiger partial charge in [-0.2, -0.15) is 4.31 Å². The van der Waals surface area contributed by atoms with E-state index in [4.69, 9.17) is 0 Å². The summed E-state index contributed by atoms with van der Waals surface area (Å²) in [7, 11) is -3.41. The molecule has 0 atom stereocenters. The van der Waals surface area contributed by atoms with Crippen molar-refractivity contribution < 1.29 is 18.2 Å². The molecule has 2 aromatic heterocycles. The highest BCUT2D eigenvalue weighted by Gasteiger charge is 2.35. The molecule has 0 radical (unpaired) electrons. The average Bonchev–Trinajstić information content (AvgIpc) is 3.30. The largest absolute Gasteiger partial charge is 0.335 e. The number of amides is 1. The Hall–Kier alpha value is -1.97. The first-order valence-corrected chi connectivity index (χ1v) is 11.9. The molecule has 9 heteroatoms. The molecule has 0 saturated carbocycles. The van der Waals surface area contributed by atoms with Crippen LogP contribution in [0.15, 0.2) is 46.1 Å². The molecule has 0 aliphatic carbocycles. The van der Waals surface area contributed by atoms with Crippen molar-refractivity contribution in [2.75, 3.05) is 44.2 Å². The fourth-order valence-electron chi connectivity index (χ4n) is 3.89. The van der Waals surface area contributed by atoms with Crippen LogP contribution in [0.2, 0.25) is 0 Å². The molecule has 7 nitrogen and oxygen atoms in total. The molecule has 2 aliphatic rings. The number of carbonyl (C=O) groups is 1. The number of nitrogens with one attached hydrogen (secondary N) is 1. The number of aromatic amines is 1. The van der Waals surface area contributed by atoms with Crippen LogP contribution in [0, 0.1) is 5.92 Å². The summed E-state index contributed by atoms with van der Waals surface area (Å²) >= 11 is 1.24. The van der Waals surface area contributed by atoms with Gasteiger partial charge in [0.1, 0.15) is 17.3 Å². The first-order chi connectivity index (χ1) is 13.6. The maximum Gasteiger partial charge on any atom is 0.274 e. The monoisotopic (exact) mass is 421 g/mol. The minimum atomic E-state index is -3.41. The molecule has 0 bridgehead atoms. The number of aromatic nitrogens is 1. The molecule has 2 aromatic rings. The molecule has 1 amide bonds. The van der Waals surface area contributed by atoms with Crippen LogP contribution in [0.4, 0.5) is 5.82 Å². The summed E-state index contributed by atoms with van der Waals surface area (Å²) in [6, 6.07) is 9.39. The second-order valence-electron chi connectivity index (χ2n) is 7.17. The maximum absolute atomic E-state index is 12.9. The zero-order chi connectivity index (χ0) is 19.6. The number of hydrogen-bond donors (Lipinski definition) is 0. The Labute approximate surface area is 169 Å². The molecule has 2 aliphatic heterocycles. The summed E-state index contributed by atoms with van der Waals surface area (Å²) < 4.78 is 27.2. The molecule has 0 unspecified atom stereocenters. The summed E-state index contributed by atoms with van der Waals surface area (Å²) in [5.74, 6) is 1.16. The van der Waals surface area contributed by atoms with Gasteiger partial charge in [-0.1, -0.05) is 12.1 Å². The molecular formula is C19H25N4O3S2+. The van der Waals surface area contributed by atoms with Crippen LogP contribution in [-0.4, -0.2) is 62.8 Å². The van der Waals surface area contributed by atoms with Crippen molar-refractivity contribution >= 4 is 33.1 Å².